The molecule has 1 aliphatic rings. The Morgan fingerprint density at radius 2 is 2.00 bits per heavy atom. The van der Waals surface area contributed by atoms with E-state index in [0.717, 1.165) is 17.5 Å². The molecular formula is C23H20Cl2N2O2S2. The summed E-state index contributed by atoms with van der Waals surface area (Å²) in [4.78, 5) is 31.6. The van der Waals surface area contributed by atoms with Crippen LogP contribution in [0.3, 0.4) is 0 Å². The molecule has 3 aromatic rings. The molecule has 160 valence electrons. The minimum absolute atomic E-state index is 0.0239. The number of carbonyl (C=O) groups is 2. The van der Waals surface area contributed by atoms with Crippen molar-refractivity contribution in [1.29, 1.82) is 0 Å². The molecule has 0 N–H and O–H groups in total. The van der Waals surface area contributed by atoms with Crippen molar-refractivity contribution >= 4 is 57.7 Å². The molecule has 0 aliphatic carbocycles. The number of rotatable bonds is 6. The second-order valence-corrected chi connectivity index (χ2v) is 9.95. The summed E-state index contributed by atoms with van der Waals surface area (Å²) in [5.74, 6) is -0.294. The van der Waals surface area contributed by atoms with Crippen molar-refractivity contribution in [3.63, 3.8) is 0 Å². The summed E-state index contributed by atoms with van der Waals surface area (Å²) in [5.41, 5.74) is 1.91. The maximum absolute atomic E-state index is 13.5. The number of hydrogen-bond acceptors (Lipinski definition) is 4. The van der Waals surface area contributed by atoms with Crippen molar-refractivity contribution in [3.8, 4) is 0 Å². The Morgan fingerprint density at radius 1 is 1.16 bits per heavy atom. The van der Waals surface area contributed by atoms with Crippen LogP contribution in [-0.2, 0) is 11.2 Å². The number of hydrogen-bond donors (Lipinski definition) is 0. The van der Waals surface area contributed by atoms with Crippen LogP contribution in [0.15, 0.2) is 59.8 Å². The Labute approximate surface area is 199 Å². The topological polar surface area (TPSA) is 40.6 Å². The van der Waals surface area contributed by atoms with Gasteiger partial charge in [-0.2, -0.15) is 0 Å². The smallest absolute Gasteiger partial charge is 0.264 e. The molecule has 0 bridgehead atoms. The summed E-state index contributed by atoms with van der Waals surface area (Å²) in [5, 5.41) is 4.96. The largest absolute Gasteiger partial charge is 0.330 e. The number of carbonyl (C=O) groups excluding carboxylic acids is 2. The molecule has 4 nitrogen and oxygen atoms in total. The van der Waals surface area contributed by atoms with Gasteiger partial charge < -0.3 is 9.80 Å². The third kappa shape index (κ3) is 4.58. The van der Waals surface area contributed by atoms with Gasteiger partial charge in [-0.25, -0.2) is 0 Å². The summed E-state index contributed by atoms with van der Waals surface area (Å²) in [6.45, 7) is 4.58. The molecule has 0 saturated heterocycles. The molecule has 1 aliphatic heterocycles. The van der Waals surface area contributed by atoms with E-state index in [0.29, 0.717) is 28.0 Å². The molecule has 1 atom stereocenters. The third-order valence-corrected chi connectivity index (χ3v) is 7.65. The molecule has 1 unspecified atom stereocenters. The van der Waals surface area contributed by atoms with Gasteiger partial charge in [0, 0.05) is 28.0 Å². The maximum atomic E-state index is 13.5. The lowest BCUT2D eigenvalue weighted by Crippen LogP contribution is -2.46. The van der Waals surface area contributed by atoms with Crippen molar-refractivity contribution in [2.45, 2.75) is 12.5 Å². The maximum Gasteiger partial charge on any atom is 0.264 e. The van der Waals surface area contributed by atoms with E-state index >= 15 is 0 Å². The van der Waals surface area contributed by atoms with Crippen LogP contribution in [0.1, 0.15) is 31.7 Å². The molecule has 4 rings (SSSR count). The van der Waals surface area contributed by atoms with Crippen molar-refractivity contribution in [2.75, 3.05) is 19.6 Å². The number of thiophene rings is 2. The van der Waals surface area contributed by atoms with Gasteiger partial charge in [0.25, 0.3) is 5.91 Å². The minimum atomic E-state index is -0.310. The first-order valence-electron chi connectivity index (χ1n) is 9.74. The zero-order valence-electron chi connectivity index (χ0n) is 16.6. The van der Waals surface area contributed by atoms with Gasteiger partial charge in [-0.3, -0.25) is 9.59 Å². The van der Waals surface area contributed by atoms with Crippen LogP contribution in [0.4, 0.5) is 0 Å². The molecule has 8 heteroatoms. The Hall–Kier alpha value is -2.12. The zero-order valence-corrected chi connectivity index (χ0v) is 19.7. The third-order valence-electron chi connectivity index (χ3n) is 5.24. The zero-order chi connectivity index (χ0) is 22.0. The van der Waals surface area contributed by atoms with Gasteiger partial charge in [0.05, 0.1) is 10.9 Å². The van der Waals surface area contributed by atoms with Crippen molar-refractivity contribution in [2.24, 2.45) is 0 Å². The Morgan fingerprint density at radius 3 is 2.71 bits per heavy atom. The van der Waals surface area contributed by atoms with Gasteiger partial charge in [-0.05, 0) is 52.6 Å². The fourth-order valence-corrected chi connectivity index (χ4v) is 5.94. The highest BCUT2D eigenvalue weighted by molar-refractivity contribution is 7.12. The quantitative estimate of drug-likeness (QED) is 0.402. The van der Waals surface area contributed by atoms with Gasteiger partial charge in [-0.15, -0.1) is 29.3 Å². The molecule has 0 spiro atoms. The average Bonchev–Trinajstić information content (AvgIpc) is 3.44. The number of benzene rings is 1. The summed E-state index contributed by atoms with van der Waals surface area (Å²) in [6.07, 6.45) is 2.42. The van der Waals surface area contributed by atoms with Crippen LogP contribution in [0.5, 0.6) is 0 Å². The highest BCUT2D eigenvalue weighted by atomic mass is 35.5. The highest BCUT2D eigenvalue weighted by Gasteiger charge is 2.35. The molecule has 3 heterocycles. The van der Waals surface area contributed by atoms with Crippen LogP contribution < -0.4 is 0 Å². The summed E-state index contributed by atoms with van der Waals surface area (Å²) in [7, 11) is 0. The van der Waals surface area contributed by atoms with Gasteiger partial charge in [0.15, 0.2) is 0 Å². The van der Waals surface area contributed by atoms with E-state index < -0.39 is 0 Å². The number of fused-ring (bicyclic) bond motifs is 1. The average molecular weight is 491 g/mol. The monoisotopic (exact) mass is 490 g/mol. The number of nitrogens with zero attached hydrogens (tertiary/aromatic N) is 2. The van der Waals surface area contributed by atoms with Crippen LogP contribution in [0.25, 0.3) is 0 Å². The van der Waals surface area contributed by atoms with Crippen LogP contribution in [-0.4, -0.2) is 41.2 Å². The van der Waals surface area contributed by atoms with Crippen LogP contribution in [0.2, 0.25) is 10.0 Å². The van der Waals surface area contributed by atoms with Gasteiger partial charge in [0.1, 0.15) is 6.54 Å². The van der Waals surface area contributed by atoms with E-state index in [1.165, 1.54) is 21.1 Å². The highest BCUT2D eigenvalue weighted by Crippen LogP contribution is 2.41. The van der Waals surface area contributed by atoms with Crippen molar-refractivity contribution in [1.82, 2.24) is 9.80 Å². The molecule has 2 amide bonds. The van der Waals surface area contributed by atoms with E-state index in [2.05, 4.69) is 6.58 Å². The predicted molar refractivity (Wildman–Crippen MR) is 128 cm³/mol. The first kappa shape index (κ1) is 22.1. The summed E-state index contributed by atoms with van der Waals surface area (Å²) >= 11 is 15.7. The van der Waals surface area contributed by atoms with E-state index in [9.17, 15) is 9.59 Å². The van der Waals surface area contributed by atoms with E-state index in [1.807, 2.05) is 33.9 Å². The Bertz CT molecular complexity index is 1110. The van der Waals surface area contributed by atoms with Crippen LogP contribution >= 0.6 is 45.9 Å². The SMILES string of the molecule is C=CCN(CC(=O)N1CCc2sccc2C1c1ccc(Cl)cc1Cl)C(=O)c1cccs1. The second-order valence-electron chi connectivity index (χ2n) is 7.16. The first-order valence-corrected chi connectivity index (χ1v) is 12.3. The van der Waals surface area contributed by atoms with Gasteiger partial charge in [0.2, 0.25) is 5.91 Å². The standard InChI is InChI=1S/C23H20Cl2N2O2S2/c1-2-9-26(23(29)20-4-3-11-30-20)14-21(28)27-10-7-19-17(8-12-31-19)22(27)16-6-5-15(24)13-18(16)25/h2-6,8,11-13,22H,1,7,9-10,14H2. The molecule has 1 aromatic carbocycles. The fourth-order valence-electron chi connectivity index (χ4n) is 3.83. The molecule has 0 fully saturated rings. The van der Waals surface area contributed by atoms with Gasteiger partial charge in [-0.1, -0.05) is 41.4 Å². The second kappa shape index (κ2) is 9.57. The lowest BCUT2D eigenvalue weighted by atomic mass is 9.93. The molecule has 0 saturated carbocycles. The Kier molecular flexibility index (Phi) is 6.82. The predicted octanol–water partition coefficient (Wildman–Crippen LogP) is 5.92. The van der Waals surface area contributed by atoms with E-state index in [-0.39, 0.29) is 24.4 Å². The van der Waals surface area contributed by atoms with Gasteiger partial charge >= 0.3 is 0 Å². The normalized spacial score (nSPS) is 15.4. The molecular weight excluding hydrogens is 471 g/mol. The van der Waals surface area contributed by atoms with Crippen LogP contribution in [0, 0.1) is 0 Å². The lowest BCUT2D eigenvalue weighted by Gasteiger charge is -2.37. The molecule has 31 heavy (non-hydrogen) atoms. The Balaban J connectivity index is 1.65. The fraction of sp³-hybridized carbons (Fsp3) is 0.217. The number of amides is 2. The number of halogens is 2. The van der Waals surface area contributed by atoms with Crippen molar-refractivity contribution < 1.29 is 9.59 Å². The molecule has 0 radical (unpaired) electrons. The van der Waals surface area contributed by atoms with E-state index in [1.54, 1.807) is 35.6 Å². The summed E-state index contributed by atoms with van der Waals surface area (Å²) < 4.78 is 0. The van der Waals surface area contributed by atoms with E-state index in [4.69, 9.17) is 23.2 Å². The summed E-state index contributed by atoms with van der Waals surface area (Å²) in [6, 6.07) is 10.7. The first-order chi connectivity index (χ1) is 15.0. The lowest BCUT2D eigenvalue weighted by molar-refractivity contribution is -0.133. The van der Waals surface area contributed by atoms with Crippen molar-refractivity contribution in [3.05, 3.63) is 90.7 Å². The minimum Gasteiger partial charge on any atom is -0.330 e. The molecule has 2 aromatic heterocycles.